The summed E-state index contributed by atoms with van der Waals surface area (Å²) < 4.78 is 0.937. The molecule has 0 aliphatic heterocycles. The van der Waals surface area contributed by atoms with Crippen LogP contribution in [0.3, 0.4) is 0 Å². The molecule has 0 aromatic heterocycles. The van der Waals surface area contributed by atoms with Gasteiger partial charge in [-0.15, -0.1) is 0 Å². The summed E-state index contributed by atoms with van der Waals surface area (Å²) in [5.41, 5.74) is 0.797. The minimum Gasteiger partial charge on any atom is -0.324 e. The van der Waals surface area contributed by atoms with Gasteiger partial charge in [0.2, 0.25) is 5.91 Å². The minimum atomic E-state index is -0.0365. The molecular formula is C12H16ClIN2O. The van der Waals surface area contributed by atoms with Gasteiger partial charge in [-0.1, -0.05) is 18.5 Å². The maximum absolute atomic E-state index is 11.7. The molecule has 94 valence electrons. The largest absolute Gasteiger partial charge is 0.324 e. The molecule has 0 aliphatic rings. The van der Waals surface area contributed by atoms with Crippen LogP contribution < -0.4 is 10.6 Å². The van der Waals surface area contributed by atoms with E-state index in [-0.39, 0.29) is 5.91 Å². The van der Waals surface area contributed by atoms with Crippen LogP contribution in [0.15, 0.2) is 18.2 Å². The molecule has 2 N–H and O–H groups in total. The lowest BCUT2D eigenvalue weighted by Gasteiger charge is -2.12. The highest BCUT2D eigenvalue weighted by molar-refractivity contribution is 14.1. The van der Waals surface area contributed by atoms with Gasteiger partial charge in [-0.2, -0.15) is 0 Å². The van der Waals surface area contributed by atoms with Gasteiger partial charge in [0, 0.05) is 14.6 Å². The first-order valence-electron chi connectivity index (χ1n) is 5.51. The van der Waals surface area contributed by atoms with Crippen molar-refractivity contribution in [1.82, 2.24) is 5.32 Å². The van der Waals surface area contributed by atoms with E-state index in [0.29, 0.717) is 17.6 Å². The van der Waals surface area contributed by atoms with Crippen molar-refractivity contribution in [1.29, 1.82) is 0 Å². The van der Waals surface area contributed by atoms with Crippen LogP contribution in [-0.2, 0) is 4.79 Å². The van der Waals surface area contributed by atoms with E-state index in [1.54, 1.807) is 6.07 Å². The zero-order chi connectivity index (χ0) is 12.8. The Morgan fingerprint density at radius 1 is 1.53 bits per heavy atom. The summed E-state index contributed by atoms with van der Waals surface area (Å²) in [6.45, 7) is 4.46. The predicted octanol–water partition coefficient (Wildman–Crippen LogP) is 3.27. The van der Waals surface area contributed by atoms with E-state index >= 15 is 0 Å². The molecule has 0 saturated carbocycles. The Morgan fingerprint density at radius 2 is 2.24 bits per heavy atom. The number of rotatable bonds is 5. The van der Waals surface area contributed by atoms with Gasteiger partial charge >= 0.3 is 0 Å². The van der Waals surface area contributed by atoms with Crippen LogP contribution in [0.1, 0.15) is 20.3 Å². The van der Waals surface area contributed by atoms with Crippen molar-refractivity contribution in [2.75, 3.05) is 11.9 Å². The molecular weight excluding hydrogens is 351 g/mol. The normalized spacial score (nSPS) is 12.2. The zero-order valence-electron chi connectivity index (χ0n) is 9.89. The molecule has 0 heterocycles. The van der Waals surface area contributed by atoms with Crippen molar-refractivity contribution in [3.8, 4) is 0 Å². The molecule has 3 nitrogen and oxygen atoms in total. The highest BCUT2D eigenvalue weighted by Gasteiger charge is 2.07. The molecule has 17 heavy (non-hydrogen) atoms. The van der Waals surface area contributed by atoms with E-state index in [0.717, 1.165) is 15.7 Å². The molecule has 1 aromatic carbocycles. The van der Waals surface area contributed by atoms with E-state index < -0.39 is 0 Å². The van der Waals surface area contributed by atoms with Crippen molar-refractivity contribution in [2.24, 2.45) is 0 Å². The Balaban J connectivity index is 2.50. The van der Waals surface area contributed by atoms with E-state index in [2.05, 4.69) is 47.1 Å². The van der Waals surface area contributed by atoms with E-state index in [1.807, 2.05) is 12.1 Å². The molecule has 1 atom stereocenters. The molecule has 0 fully saturated rings. The molecule has 1 amide bonds. The third-order valence-electron chi connectivity index (χ3n) is 2.43. The fraction of sp³-hybridized carbons (Fsp3) is 0.417. The maximum Gasteiger partial charge on any atom is 0.238 e. The van der Waals surface area contributed by atoms with Gasteiger partial charge in [0.15, 0.2) is 0 Å². The summed E-state index contributed by atoms with van der Waals surface area (Å²) in [6.07, 6.45) is 1.01. The summed E-state index contributed by atoms with van der Waals surface area (Å²) in [7, 11) is 0. The van der Waals surface area contributed by atoms with Gasteiger partial charge in [0.05, 0.1) is 12.2 Å². The Bertz CT molecular complexity index is 398. The number of carbonyl (C=O) groups excluding carboxylic acids is 1. The van der Waals surface area contributed by atoms with Crippen LogP contribution in [-0.4, -0.2) is 18.5 Å². The molecule has 0 aliphatic carbocycles. The number of hydrogen-bond donors (Lipinski definition) is 2. The van der Waals surface area contributed by atoms with Gasteiger partial charge in [0.1, 0.15) is 0 Å². The number of anilines is 1. The molecule has 1 aromatic rings. The van der Waals surface area contributed by atoms with E-state index in [4.69, 9.17) is 11.6 Å². The Kier molecular flexibility index (Phi) is 6.22. The fourth-order valence-corrected chi connectivity index (χ4v) is 2.20. The summed E-state index contributed by atoms with van der Waals surface area (Å²) in [4.78, 5) is 11.7. The predicted molar refractivity (Wildman–Crippen MR) is 80.6 cm³/mol. The average molecular weight is 367 g/mol. The SMILES string of the molecule is CCC(C)NCC(=O)Nc1ccc(Cl)cc1I. The smallest absolute Gasteiger partial charge is 0.238 e. The third kappa shape index (κ3) is 5.23. The van der Waals surface area contributed by atoms with Crippen LogP contribution in [0.4, 0.5) is 5.69 Å². The number of benzene rings is 1. The number of carbonyl (C=O) groups is 1. The van der Waals surface area contributed by atoms with Gasteiger partial charge in [-0.3, -0.25) is 4.79 Å². The molecule has 1 rings (SSSR count). The summed E-state index contributed by atoms with van der Waals surface area (Å²) in [5.74, 6) is -0.0365. The molecule has 5 heteroatoms. The second kappa shape index (κ2) is 7.18. The average Bonchev–Trinajstić information content (AvgIpc) is 2.29. The molecule has 0 saturated heterocycles. The van der Waals surface area contributed by atoms with Gasteiger partial charge < -0.3 is 10.6 Å². The quantitative estimate of drug-likeness (QED) is 0.785. The van der Waals surface area contributed by atoms with E-state index in [1.165, 1.54) is 0 Å². The third-order valence-corrected chi connectivity index (χ3v) is 3.56. The van der Waals surface area contributed by atoms with Crippen molar-refractivity contribution in [2.45, 2.75) is 26.3 Å². The van der Waals surface area contributed by atoms with E-state index in [9.17, 15) is 4.79 Å². The molecule has 0 radical (unpaired) electrons. The first-order valence-corrected chi connectivity index (χ1v) is 6.97. The first-order chi connectivity index (χ1) is 8.02. The standard InChI is InChI=1S/C12H16ClIN2O/c1-3-8(2)15-7-12(17)16-11-5-4-9(13)6-10(11)14/h4-6,8,15H,3,7H2,1-2H3,(H,16,17). The number of halogens is 2. The van der Waals surface area contributed by atoms with Crippen LogP contribution >= 0.6 is 34.2 Å². The lowest BCUT2D eigenvalue weighted by Crippen LogP contribution is -2.34. The second-order valence-corrected chi connectivity index (χ2v) is 5.46. The monoisotopic (exact) mass is 366 g/mol. The van der Waals surface area contributed by atoms with Gasteiger partial charge in [0.25, 0.3) is 0 Å². The number of hydrogen-bond acceptors (Lipinski definition) is 2. The first kappa shape index (κ1) is 14.7. The minimum absolute atomic E-state index is 0.0365. The highest BCUT2D eigenvalue weighted by Crippen LogP contribution is 2.22. The van der Waals surface area contributed by atoms with Crippen molar-refractivity contribution in [3.05, 3.63) is 26.8 Å². The van der Waals surface area contributed by atoms with Crippen molar-refractivity contribution >= 4 is 45.8 Å². The summed E-state index contributed by atoms with van der Waals surface area (Å²) in [6, 6.07) is 5.75. The highest BCUT2D eigenvalue weighted by atomic mass is 127. The Hall–Kier alpha value is -0.330. The molecule has 0 bridgehead atoms. The Morgan fingerprint density at radius 3 is 2.82 bits per heavy atom. The van der Waals surface area contributed by atoms with Crippen molar-refractivity contribution < 1.29 is 4.79 Å². The lowest BCUT2D eigenvalue weighted by atomic mass is 10.2. The van der Waals surface area contributed by atoms with Crippen LogP contribution in [0.5, 0.6) is 0 Å². The fourth-order valence-electron chi connectivity index (χ4n) is 1.20. The van der Waals surface area contributed by atoms with Gasteiger partial charge in [-0.05, 0) is 54.1 Å². The number of nitrogens with one attached hydrogen (secondary N) is 2. The maximum atomic E-state index is 11.7. The summed E-state index contributed by atoms with van der Waals surface area (Å²) >= 11 is 7.99. The second-order valence-electron chi connectivity index (χ2n) is 3.86. The summed E-state index contributed by atoms with van der Waals surface area (Å²) in [5, 5.41) is 6.66. The molecule has 0 spiro atoms. The van der Waals surface area contributed by atoms with Crippen LogP contribution in [0.25, 0.3) is 0 Å². The van der Waals surface area contributed by atoms with Gasteiger partial charge in [-0.25, -0.2) is 0 Å². The van der Waals surface area contributed by atoms with Crippen LogP contribution in [0.2, 0.25) is 5.02 Å². The zero-order valence-corrected chi connectivity index (χ0v) is 12.8. The topological polar surface area (TPSA) is 41.1 Å². The Labute approximate surface area is 120 Å². The number of amides is 1. The molecule has 1 unspecified atom stereocenters. The van der Waals surface area contributed by atoms with Crippen LogP contribution in [0, 0.1) is 3.57 Å². The van der Waals surface area contributed by atoms with Crippen molar-refractivity contribution in [3.63, 3.8) is 0 Å². The lowest BCUT2D eigenvalue weighted by molar-refractivity contribution is -0.115.